The standard InChI is InChI=1S/C22H21ClFN3O4/c23-12-7-15-21(25-14(12)6-11-5-4-10-2-1-3-13(24)18(10)11)27-22(26-15)31-17-9-30-19-16(28)8-29-20(17)19/h1-3,7,11,16-17,19-20,28H,4-6,8-9H2,(H,25,26,27)/t11-,16-,17-,19-,20-/m1/s1. The van der Waals surface area contributed by atoms with Crippen LogP contribution in [0.25, 0.3) is 11.2 Å². The summed E-state index contributed by atoms with van der Waals surface area (Å²) in [5.41, 5.74) is 3.68. The van der Waals surface area contributed by atoms with Crippen molar-refractivity contribution >= 4 is 22.8 Å². The number of aryl methyl sites for hydroxylation is 1. The number of aliphatic hydroxyl groups is 1. The number of benzene rings is 1. The molecule has 0 unspecified atom stereocenters. The fraction of sp³-hybridized carbons (Fsp3) is 0.455. The molecule has 1 aliphatic carbocycles. The molecule has 0 saturated carbocycles. The second-order valence-corrected chi connectivity index (χ2v) is 8.81. The van der Waals surface area contributed by atoms with Crippen LogP contribution in [0.15, 0.2) is 24.3 Å². The summed E-state index contributed by atoms with van der Waals surface area (Å²) < 4.78 is 31.5. The lowest BCUT2D eigenvalue weighted by molar-refractivity contribution is 0.00706. The number of nitrogens with zero attached hydrogens (tertiary/aromatic N) is 2. The van der Waals surface area contributed by atoms with Gasteiger partial charge in [-0.3, -0.25) is 0 Å². The first-order valence-corrected chi connectivity index (χ1v) is 10.8. The van der Waals surface area contributed by atoms with Crippen molar-refractivity contribution in [1.29, 1.82) is 0 Å². The van der Waals surface area contributed by atoms with Gasteiger partial charge in [0.05, 0.1) is 29.4 Å². The number of hydrogen-bond acceptors (Lipinski definition) is 6. The maximum atomic E-state index is 14.4. The third-order valence-corrected chi connectivity index (χ3v) is 6.80. The van der Waals surface area contributed by atoms with E-state index in [2.05, 4.69) is 15.0 Å². The van der Waals surface area contributed by atoms with Gasteiger partial charge in [-0.2, -0.15) is 4.98 Å². The van der Waals surface area contributed by atoms with Crippen LogP contribution < -0.4 is 4.74 Å². The van der Waals surface area contributed by atoms with Gasteiger partial charge in [0.1, 0.15) is 24.1 Å². The van der Waals surface area contributed by atoms with E-state index in [9.17, 15) is 9.50 Å². The smallest absolute Gasteiger partial charge is 0.296 e. The first-order chi connectivity index (χ1) is 15.1. The number of rotatable bonds is 4. The summed E-state index contributed by atoms with van der Waals surface area (Å²) >= 11 is 6.50. The van der Waals surface area contributed by atoms with Crippen molar-refractivity contribution < 1.29 is 23.7 Å². The summed E-state index contributed by atoms with van der Waals surface area (Å²) in [4.78, 5) is 12.2. The van der Waals surface area contributed by atoms with Crippen LogP contribution >= 0.6 is 11.6 Å². The lowest BCUT2D eigenvalue weighted by Crippen LogP contribution is -2.34. The molecule has 0 amide bonds. The highest BCUT2D eigenvalue weighted by Crippen LogP contribution is 2.38. The van der Waals surface area contributed by atoms with Crippen LogP contribution in [0.5, 0.6) is 6.01 Å². The van der Waals surface area contributed by atoms with E-state index in [4.69, 9.17) is 25.8 Å². The number of aliphatic hydroxyl groups excluding tert-OH is 1. The van der Waals surface area contributed by atoms with E-state index < -0.39 is 6.10 Å². The third-order valence-electron chi connectivity index (χ3n) is 6.48. The number of imidazole rings is 1. The van der Waals surface area contributed by atoms with Gasteiger partial charge in [0.25, 0.3) is 6.01 Å². The topological polar surface area (TPSA) is 89.5 Å². The second kappa shape index (κ2) is 7.41. The number of hydrogen-bond donors (Lipinski definition) is 2. The highest BCUT2D eigenvalue weighted by molar-refractivity contribution is 6.31. The zero-order valence-corrected chi connectivity index (χ0v) is 17.3. The van der Waals surface area contributed by atoms with Crippen molar-refractivity contribution in [2.75, 3.05) is 13.2 Å². The quantitative estimate of drug-likeness (QED) is 0.642. The highest BCUT2D eigenvalue weighted by atomic mass is 35.5. The lowest BCUT2D eigenvalue weighted by atomic mass is 9.95. The van der Waals surface area contributed by atoms with E-state index >= 15 is 0 Å². The minimum absolute atomic E-state index is 0.0480. The fourth-order valence-corrected chi connectivity index (χ4v) is 5.22. The van der Waals surface area contributed by atoms with Crippen LogP contribution in [0, 0.1) is 5.82 Å². The summed E-state index contributed by atoms with van der Waals surface area (Å²) in [6.45, 7) is 0.552. The Labute approximate surface area is 182 Å². The predicted molar refractivity (Wildman–Crippen MR) is 110 cm³/mol. The van der Waals surface area contributed by atoms with Crippen molar-refractivity contribution in [3.05, 3.63) is 51.9 Å². The van der Waals surface area contributed by atoms with Crippen LogP contribution in [0.3, 0.4) is 0 Å². The molecule has 6 rings (SSSR count). The molecule has 2 aromatic heterocycles. The summed E-state index contributed by atoms with van der Waals surface area (Å²) in [7, 11) is 0. The summed E-state index contributed by atoms with van der Waals surface area (Å²) in [5.74, 6) is -0.115. The van der Waals surface area contributed by atoms with Gasteiger partial charge in [-0.25, -0.2) is 9.37 Å². The molecule has 4 heterocycles. The van der Waals surface area contributed by atoms with Gasteiger partial charge in [-0.1, -0.05) is 23.7 Å². The summed E-state index contributed by atoms with van der Waals surface area (Å²) in [6, 6.07) is 7.33. The number of aromatic amines is 1. The molecule has 0 spiro atoms. The van der Waals surface area contributed by atoms with E-state index in [1.807, 2.05) is 6.07 Å². The number of pyridine rings is 1. The molecule has 2 aliphatic heterocycles. The van der Waals surface area contributed by atoms with E-state index in [0.717, 1.165) is 24.0 Å². The average molecular weight is 446 g/mol. The number of H-pyrrole nitrogens is 1. The molecule has 2 fully saturated rings. The van der Waals surface area contributed by atoms with E-state index in [1.54, 1.807) is 12.1 Å². The van der Waals surface area contributed by atoms with Gasteiger partial charge in [-0.05, 0) is 48.4 Å². The molecule has 7 nitrogen and oxygen atoms in total. The fourth-order valence-electron chi connectivity index (χ4n) is 4.99. The Kier molecular flexibility index (Phi) is 4.64. The highest BCUT2D eigenvalue weighted by Gasteiger charge is 2.48. The van der Waals surface area contributed by atoms with Gasteiger partial charge >= 0.3 is 0 Å². The molecule has 0 radical (unpaired) electrons. The number of nitrogens with one attached hydrogen (secondary N) is 1. The largest absolute Gasteiger partial charge is 0.456 e. The maximum absolute atomic E-state index is 14.4. The van der Waals surface area contributed by atoms with Crippen LogP contribution in [0.2, 0.25) is 5.02 Å². The molecule has 5 atom stereocenters. The zero-order valence-electron chi connectivity index (χ0n) is 16.6. The van der Waals surface area contributed by atoms with Gasteiger partial charge < -0.3 is 24.3 Å². The lowest BCUT2D eigenvalue weighted by Gasteiger charge is -2.15. The minimum atomic E-state index is -0.636. The molecular formula is C22H21ClFN3O4. The molecule has 9 heteroatoms. The van der Waals surface area contributed by atoms with E-state index in [-0.39, 0.29) is 36.7 Å². The van der Waals surface area contributed by atoms with E-state index in [0.29, 0.717) is 40.9 Å². The van der Waals surface area contributed by atoms with Crippen LogP contribution in [0.1, 0.15) is 29.2 Å². The molecular weight excluding hydrogens is 425 g/mol. The Morgan fingerprint density at radius 2 is 2.10 bits per heavy atom. The number of ether oxygens (including phenoxy) is 3. The Balaban J connectivity index is 1.24. The van der Waals surface area contributed by atoms with E-state index in [1.165, 1.54) is 6.07 Å². The number of fused-ring (bicyclic) bond motifs is 3. The molecule has 162 valence electrons. The molecule has 2 saturated heterocycles. The van der Waals surface area contributed by atoms with Crippen molar-refractivity contribution in [3.63, 3.8) is 0 Å². The number of halogens is 2. The second-order valence-electron chi connectivity index (χ2n) is 8.40. The first kappa shape index (κ1) is 19.4. The average Bonchev–Trinajstić information content (AvgIpc) is 3.50. The van der Waals surface area contributed by atoms with Gasteiger partial charge in [0.15, 0.2) is 11.8 Å². The number of aromatic nitrogens is 3. The third kappa shape index (κ3) is 3.29. The van der Waals surface area contributed by atoms with Crippen molar-refractivity contribution in [2.45, 2.75) is 49.6 Å². The van der Waals surface area contributed by atoms with Gasteiger partial charge in [0.2, 0.25) is 0 Å². The van der Waals surface area contributed by atoms with Gasteiger partial charge in [0, 0.05) is 0 Å². The Morgan fingerprint density at radius 3 is 3.00 bits per heavy atom. The molecule has 3 aromatic rings. The Morgan fingerprint density at radius 1 is 1.23 bits per heavy atom. The molecule has 1 aromatic carbocycles. The molecule has 3 aliphatic rings. The monoisotopic (exact) mass is 445 g/mol. The Hall–Kier alpha value is -2.26. The van der Waals surface area contributed by atoms with Gasteiger partial charge in [-0.15, -0.1) is 0 Å². The Bertz CT molecular complexity index is 1160. The SMILES string of the molecule is O[C@@H]1CO[C@H]2[C@@H]1OC[C@H]2Oc1nc2nc(C[C@H]3CCc4cccc(F)c43)c(Cl)cc2[nH]1. The molecule has 31 heavy (non-hydrogen) atoms. The van der Waals surface area contributed by atoms with Crippen LogP contribution in [-0.4, -0.2) is 57.7 Å². The maximum Gasteiger partial charge on any atom is 0.296 e. The minimum Gasteiger partial charge on any atom is -0.456 e. The molecule has 0 bridgehead atoms. The first-order valence-electron chi connectivity index (χ1n) is 10.5. The summed E-state index contributed by atoms with van der Waals surface area (Å²) in [6.07, 6.45) is 0.587. The van der Waals surface area contributed by atoms with Crippen molar-refractivity contribution in [1.82, 2.24) is 15.0 Å². The molecule has 2 N–H and O–H groups in total. The zero-order chi connectivity index (χ0) is 21.1. The van der Waals surface area contributed by atoms with Crippen molar-refractivity contribution in [3.8, 4) is 6.01 Å². The van der Waals surface area contributed by atoms with Crippen LogP contribution in [0.4, 0.5) is 4.39 Å². The normalized spacial score (nSPS) is 29.5. The van der Waals surface area contributed by atoms with Crippen LogP contribution in [-0.2, 0) is 22.3 Å². The van der Waals surface area contributed by atoms with Crippen molar-refractivity contribution in [2.24, 2.45) is 0 Å². The summed E-state index contributed by atoms with van der Waals surface area (Å²) in [5, 5.41) is 10.4. The predicted octanol–water partition coefficient (Wildman–Crippen LogP) is 2.93.